The van der Waals surface area contributed by atoms with Crippen molar-refractivity contribution in [3.63, 3.8) is 0 Å². The van der Waals surface area contributed by atoms with Crippen LogP contribution in [-0.4, -0.2) is 11.5 Å². The number of nitrogens with one attached hydrogen (secondary N) is 2. The lowest BCUT2D eigenvalue weighted by Gasteiger charge is -2.12. The van der Waals surface area contributed by atoms with Crippen molar-refractivity contribution in [1.29, 1.82) is 0 Å². The lowest BCUT2D eigenvalue weighted by Crippen LogP contribution is -2.22. The molecule has 1 aliphatic heterocycles. The van der Waals surface area contributed by atoms with E-state index >= 15 is 0 Å². The van der Waals surface area contributed by atoms with Crippen molar-refractivity contribution in [2.24, 2.45) is 0 Å². The first-order chi connectivity index (χ1) is 6.88. The maximum Gasteiger partial charge on any atom is 0.166 e. The molecule has 0 aliphatic carbocycles. The fraction of sp³-hybridized carbons (Fsp3) is 0.273. The highest BCUT2D eigenvalue weighted by molar-refractivity contribution is 5.84. The minimum absolute atomic E-state index is 0.904. The van der Waals surface area contributed by atoms with Crippen LogP contribution >= 0.6 is 0 Å². The molecule has 66 valence electrons. The van der Waals surface area contributed by atoms with Gasteiger partial charge in [-0.2, -0.15) is 0 Å². The van der Waals surface area contributed by atoms with Crippen LogP contribution in [0.1, 0.15) is 11.3 Å². The third-order valence-corrected chi connectivity index (χ3v) is 2.67. The number of aromatic amines is 1. The molecule has 0 saturated carbocycles. The average molecular weight is 174 g/mol. The van der Waals surface area contributed by atoms with Crippen LogP contribution in [0.3, 0.4) is 0 Å². The Balaban J connectivity index is 2.41. The normalized spacial score (nSPS) is 17.1. The molecule has 1 aromatic carbocycles. The van der Waals surface area contributed by atoms with E-state index in [0.29, 0.717) is 0 Å². The summed E-state index contributed by atoms with van der Waals surface area (Å²) in [6.45, 7) is 1.89. The number of aromatic nitrogens is 1. The fourth-order valence-corrected chi connectivity index (χ4v) is 2.02. The molecule has 1 aliphatic rings. The fourth-order valence-electron chi connectivity index (χ4n) is 2.02. The van der Waals surface area contributed by atoms with Crippen LogP contribution < -0.4 is 5.32 Å². The number of rotatable bonds is 0. The third kappa shape index (κ3) is 0.988. The highest BCUT2D eigenvalue weighted by atomic mass is 14.9. The van der Waals surface area contributed by atoms with E-state index in [1.807, 2.05) is 18.2 Å². The second kappa shape index (κ2) is 2.60. The average Bonchev–Trinajstić information content (AvgIpc) is 2.55. The summed E-state index contributed by atoms with van der Waals surface area (Å²) in [6.07, 6.45) is 0.966. The van der Waals surface area contributed by atoms with Gasteiger partial charge < -0.3 is 10.3 Å². The first kappa shape index (κ1) is 6.22. The van der Waals surface area contributed by atoms with Crippen molar-refractivity contribution in [3.8, 4) is 0 Å². The summed E-state index contributed by atoms with van der Waals surface area (Å²) in [4.78, 5) is 1.59. The van der Waals surface area contributed by atoms with E-state index in [-0.39, 0.29) is 0 Å². The molecule has 2 nitrogen and oxygen atoms in total. The van der Waals surface area contributed by atoms with E-state index in [1.165, 1.54) is 16.6 Å². The summed E-state index contributed by atoms with van der Waals surface area (Å²) < 4.78 is 7.99. The lowest BCUT2D eigenvalue weighted by atomic mass is 10.1. The van der Waals surface area contributed by atoms with Crippen LogP contribution in [0.15, 0.2) is 24.3 Å². The first-order valence-corrected chi connectivity index (χ1v) is 4.69. The molecule has 0 radical (unpaired) electrons. The van der Waals surface area contributed by atoms with E-state index < -0.39 is 0 Å². The Morgan fingerprint density at radius 3 is 3.23 bits per heavy atom. The van der Waals surface area contributed by atoms with Crippen molar-refractivity contribution < 1.29 is 1.41 Å². The summed E-state index contributed by atoms with van der Waals surface area (Å²) in [5.74, 6) is 0. The second-order valence-electron chi connectivity index (χ2n) is 3.48. The third-order valence-electron chi connectivity index (χ3n) is 2.67. The first-order valence-electron chi connectivity index (χ1n) is 5.14. The number of benzene rings is 1. The van der Waals surface area contributed by atoms with Crippen molar-refractivity contribution >= 4 is 10.9 Å². The number of fused-ring (bicyclic) bond motifs is 3. The predicted molar refractivity (Wildman–Crippen MR) is 53.7 cm³/mol. The molecule has 0 fully saturated rings. The van der Waals surface area contributed by atoms with E-state index in [0.717, 1.165) is 25.0 Å². The smallest absolute Gasteiger partial charge is 0.166 e. The van der Waals surface area contributed by atoms with Crippen LogP contribution in [0.4, 0.5) is 0 Å². The number of para-hydroxylation sites is 1. The minimum Gasteiger partial charge on any atom is -0.358 e. The van der Waals surface area contributed by atoms with Gasteiger partial charge in [0, 0.05) is 36.1 Å². The molecular weight excluding hydrogens is 160 g/mol. The Morgan fingerprint density at radius 2 is 2.23 bits per heavy atom. The maximum absolute atomic E-state index is 7.99. The Kier molecular flexibility index (Phi) is 1.25. The lowest BCUT2D eigenvalue weighted by molar-refractivity contribution is 0.641. The van der Waals surface area contributed by atoms with Gasteiger partial charge >= 0.3 is 0 Å². The van der Waals surface area contributed by atoms with Crippen LogP contribution in [0, 0.1) is 0 Å². The van der Waals surface area contributed by atoms with Gasteiger partial charge in [0.25, 0.3) is 0 Å². The molecule has 2 aromatic rings. The number of hydrogen-bond donors (Lipinski definition) is 2. The van der Waals surface area contributed by atoms with Gasteiger partial charge in [0.05, 0.1) is 0 Å². The molecule has 3 rings (SSSR count). The molecule has 0 unspecified atom stereocenters. The molecule has 1 aromatic heterocycles. The van der Waals surface area contributed by atoms with Gasteiger partial charge in [0.15, 0.2) is 1.41 Å². The Hall–Kier alpha value is -1.28. The summed E-state index contributed by atoms with van der Waals surface area (Å²) >= 11 is 0. The molecule has 2 N–H and O–H groups in total. The van der Waals surface area contributed by atoms with Crippen molar-refractivity contribution in [2.45, 2.75) is 13.0 Å². The largest absolute Gasteiger partial charge is 0.358 e. The quantitative estimate of drug-likeness (QED) is 0.626. The van der Waals surface area contributed by atoms with Crippen LogP contribution in [0.25, 0.3) is 10.9 Å². The topological polar surface area (TPSA) is 27.8 Å². The Morgan fingerprint density at radius 1 is 1.31 bits per heavy atom. The highest BCUT2D eigenvalue weighted by Crippen LogP contribution is 2.24. The summed E-state index contributed by atoms with van der Waals surface area (Å²) in [7, 11) is 0. The highest BCUT2D eigenvalue weighted by Gasteiger charge is 2.13. The van der Waals surface area contributed by atoms with Crippen LogP contribution in [0.5, 0.6) is 0 Å². The second-order valence-corrected chi connectivity index (χ2v) is 3.48. The van der Waals surface area contributed by atoms with E-state index in [1.54, 1.807) is 4.98 Å². The molecule has 2 heterocycles. The van der Waals surface area contributed by atoms with Crippen LogP contribution in [0.2, 0.25) is 1.41 Å². The van der Waals surface area contributed by atoms with Crippen LogP contribution in [-0.2, 0) is 13.0 Å². The van der Waals surface area contributed by atoms with E-state index in [4.69, 9.17) is 1.41 Å². The summed E-state index contributed by atoms with van der Waals surface area (Å²) in [5, 5.41) is 4.58. The zero-order chi connectivity index (χ0) is 9.54. The van der Waals surface area contributed by atoms with Crippen molar-refractivity contribution in [3.05, 3.63) is 35.5 Å². The summed E-state index contributed by atoms with van der Waals surface area (Å²) in [5.41, 5.74) is 3.51. The minimum atomic E-state index is 0.904. The van der Waals surface area contributed by atoms with Gasteiger partial charge in [-0.05, 0) is 11.6 Å². The van der Waals surface area contributed by atoms with Gasteiger partial charge in [0.2, 0.25) is 0 Å². The Labute approximate surface area is 78.4 Å². The van der Waals surface area contributed by atoms with Gasteiger partial charge in [-0.3, -0.25) is 0 Å². The molecular formula is C11H12N2. The monoisotopic (exact) mass is 174 g/mol. The Bertz CT molecular complexity index is 487. The van der Waals surface area contributed by atoms with Gasteiger partial charge in [-0.1, -0.05) is 18.2 Å². The predicted octanol–water partition coefficient (Wildman–Crippen LogP) is 1.81. The van der Waals surface area contributed by atoms with Gasteiger partial charge in [-0.15, -0.1) is 0 Å². The molecule has 0 bridgehead atoms. The zero-order valence-corrected chi connectivity index (χ0v) is 7.38. The van der Waals surface area contributed by atoms with Crippen molar-refractivity contribution in [1.82, 2.24) is 10.3 Å². The zero-order valence-electron chi connectivity index (χ0n) is 8.38. The maximum atomic E-state index is 7.99. The standard InChI is InChI=1S/C11H12N2/c1-2-4-10-8(3-1)9-7-12-6-5-11(9)13-10/h1-4,12-13H,5-7H2/i/hT. The van der Waals surface area contributed by atoms with Gasteiger partial charge in [0.1, 0.15) is 0 Å². The molecule has 0 saturated heterocycles. The molecule has 13 heavy (non-hydrogen) atoms. The molecule has 0 spiro atoms. The number of hydrogen-bond acceptors (Lipinski definition) is 1. The molecule has 2 heteroatoms. The molecule has 0 atom stereocenters. The molecule has 0 amide bonds. The van der Waals surface area contributed by atoms with E-state index in [2.05, 4.69) is 11.4 Å². The van der Waals surface area contributed by atoms with E-state index in [9.17, 15) is 0 Å². The SMILES string of the molecule is [3H]n1c2c(c3ccccc31)CNCC2. The number of H-pyrrole nitrogens is 1. The van der Waals surface area contributed by atoms with Crippen molar-refractivity contribution in [2.75, 3.05) is 6.54 Å². The van der Waals surface area contributed by atoms with Gasteiger partial charge in [-0.25, -0.2) is 0 Å². The summed E-state index contributed by atoms with van der Waals surface area (Å²) in [6, 6.07) is 8.15.